The van der Waals surface area contributed by atoms with Gasteiger partial charge in [0.2, 0.25) is 0 Å². The van der Waals surface area contributed by atoms with E-state index in [1.54, 1.807) is 6.08 Å². The second-order valence-corrected chi connectivity index (χ2v) is 3.68. The van der Waals surface area contributed by atoms with Crippen LogP contribution in [0.2, 0.25) is 0 Å². The highest BCUT2D eigenvalue weighted by atomic mass is 14.1. The maximum Gasteiger partial charge on any atom is -0.00889 e. The standard InChI is InChI=1S/C13H17/c1-6-7-13-11(4)9(2)8-10(3)12(13)5/h1,6,8H,7H2,2-5H3. The van der Waals surface area contributed by atoms with Crippen LogP contribution in [0.1, 0.15) is 27.8 Å². The number of aryl methyl sites for hydroxylation is 2. The first-order valence-electron chi connectivity index (χ1n) is 4.67. The van der Waals surface area contributed by atoms with Gasteiger partial charge >= 0.3 is 0 Å². The van der Waals surface area contributed by atoms with E-state index in [2.05, 4.69) is 33.8 Å². The van der Waals surface area contributed by atoms with Crippen LogP contribution in [0, 0.1) is 34.3 Å². The number of hydrogen-bond acceptors (Lipinski definition) is 0. The zero-order valence-electron chi connectivity index (χ0n) is 8.94. The molecule has 0 nitrogen and oxygen atoms in total. The second-order valence-electron chi connectivity index (χ2n) is 3.68. The fourth-order valence-corrected chi connectivity index (χ4v) is 1.72. The minimum atomic E-state index is 0.875. The van der Waals surface area contributed by atoms with Crippen molar-refractivity contribution in [2.75, 3.05) is 0 Å². The Morgan fingerprint density at radius 1 is 1.08 bits per heavy atom. The highest BCUT2D eigenvalue weighted by Gasteiger charge is 2.05. The Balaban J connectivity index is 3.36. The molecule has 0 atom stereocenters. The summed E-state index contributed by atoms with van der Waals surface area (Å²) in [7, 11) is 0. The molecule has 0 saturated heterocycles. The number of allylic oxidation sites excluding steroid dienone is 1. The van der Waals surface area contributed by atoms with Gasteiger partial charge in [-0.2, -0.15) is 0 Å². The zero-order chi connectivity index (χ0) is 10.0. The molecule has 1 rings (SSSR count). The monoisotopic (exact) mass is 173 g/mol. The van der Waals surface area contributed by atoms with Crippen LogP contribution in [0.4, 0.5) is 0 Å². The van der Waals surface area contributed by atoms with Crippen LogP contribution in [-0.4, -0.2) is 0 Å². The number of hydrogen-bond donors (Lipinski definition) is 0. The smallest absolute Gasteiger partial charge is 0.00889 e. The van der Waals surface area contributed by atoms with Crippen LogP contribution in [0.15, 0.2) is 12.1 Å². The van der Waals surface area contributed by atoms with Gasteiger partial charge in [0, 0.05) is 0 Å². The first kappa shape index (κ1) is 10.0. The van der Waals surface area contributed by atoms with Crippen LogP contribution >= 0.6 is 0 Å². The van der Waals surface area contributed by atoms with Crippen LogP contribution in [-0.2, 0) is 6.42 Å². The molecule has 0 aliphatic heterocycles. The summed E-state index contributed by atoms with van der Waals surface area (Å²) in [6.45, 7) is 14.1. The van der Waals surface area contributed by atoms with E-state index in [0.717, 1.165) is 6.42 Å². The van der Waals surface area contributed by atoms with E-state index in [-0.39, 0.29) is 0 Å². The van der Waals surface area contributed by atoms with E-state index in [1.165, 1.54) is 27.8 Å². The van der Waals surface area contributed by atoms with Gasteiger partial charge in [-0.15, -0.1) is 0 Å². The third-order valence-corrected chi connectivity index (χ3v) is 2.84. The topological polar surface area (TPSA) is 0 Å². The molecule has 0 N–H and O–H groups in total. The van der Waals surface area contributed by atoms with Gasteiger partial charge < -0.3 is 0 Å². The molecule has 0 heteroatoms. The predicted molar refractivity (Wildman–Crippen MR) is 58.0 cm³/mol. The molecule has 1 aromatic carbocycles. The van der Waals surface area contributed by atoms with Crippen molar-refractivity contribution in [2.24, 2.45) is 0 Å². The molecule has 1 radical (unpaired) electrons. The molecule has 1 aromatic rings. The molecule has 0 aliphatic carbocycles. The summed E-state index contributed by atoms with van der Waals surface area (Å²) in [6.07, 6.45) is 2.61. The molecule has 0 saturated carbocycles. The Morgan fingerprint density at radius 2 is 1.54 bits per heavy atom. The lowest BCUT2D eigenvalue weighted by atomic mass is 9.92. The largest absolute Gasteiger partial charge is 0.0801 e. The Kier molecular flexibility index (Phi) is 2.92. The van der Waals surface area contributed by atoms with E-state index in [1.807, 2.05) is 0 Å². The molecule has 0 bridgehead atoms. The lowest BCUT2D eigenvalue weighted by Gasteiger charge is -2.13. The van der Waals surface area contributed by atoms with E-state index < -0.39 is 0 Å². The molecule has 0 unspecified atom stereocenters. The van der Waals surface area contributed by atoms with Crippen molar-refractivity contribution in [3.8, 4) is 0 Å². The summed E-state index contributed by atoms with van der Waals surface area (Å²) in [4.78, 5) is 0. The van der Waals surface area contributed by atoms with Gasteiger partial charge in [0.25, 0.3) is 0 Å². The summed E-state index contributed by atoms with van der Waals surface area (Å²) >= 11 is 0. The molecule has 69 valence electrons. The third kappa shape index (κ3) is 1.82. The maximum atomic E-state index is 5.47. The molecule has 13 heavy (non-hydrogen) atoms. The molecule has 0 fully saturated rings. The highest BCUT2D eigenvalue weighted by Crippen LogP contribution is 2.21. The Hall–Kier alpha value is -1.04. The Labute approximate surface area is 81.3 Å². The predicted octanol–water partition coefficient (Wildman–Crippen LogP) is 3.45. The molecular formula is C13H17. The minimum absolute atomic E-state index is 0.875. The molecular weight excluding hydrogens is 156 g/mol. The zero-order valence-corrected chi connectivity index (χ0v) is 8.94. The van der Waals surface area contributed by atoms with Gasteiger partial charge in [0.15, 0.2) is 0 Å². The lowest BCUT2D eigenvalue weighted by molar-refractivity contribution is 1.11. The van der Waals surface area contributed by atoms with Gasteiger partial charge in [-0.05, 0) is 61.9 Å². The Bertz CT molecular complexity index is 306. The van der Waals surface area contributed by atoms with Gasteiger partial charge in [-0.3, -0.25) is 0 Å². The van der Waals surface area contributed by atoms with Crippen molar-refractivity contribution in [2.45, 2.75) is 34.1 Å². The second kappa shape index (κ2) is 3.78. The fourth-order valence-electron chi connectivity index (χ4n) is 1.72. The molecule has 0 aromatic heterocycles. The van der Waals surface area contributed by atoms with Crippen LogP contribution < -0.4 is 0 Å². The first-order chi connectivity index (χ1) is 6.07. The van der Waals surface area contributed by atoms with Crippen LogP contribution in [0.3, 0.4) is 0 Å². The number of benzene rings is 1. The van der Waals surface area contributed by atoms with E-state index in [9.17, 15) is 0 Å². The SMILES string of the molecule is [CH]=CCc1c(C)c(C)cc(C)c1C. The van der Waals surface area contributed by atoms with E-state index in [4.69, 9.17) is 6.58 Å². The van der Waals surface area contributed by atoms with Gasteiger partial charge in [-0.25, -0.2) is 0 Å². The molecule has 0 spiro atoms. The van der Waals surface area contributed by atoms with E-state index >= 15 is 0 Å². The van der Waals surface area contributed by atoms with E-state index in [0.29, 0.717) is 0 Å². The maximum absolute atomic E-state index is 5.47. The highest BCUT2D eigenvalue weighted by molar-refractivity contribution is 5.44. The summed E-state index contributed by atoms with van der Waals surface area (Å²) in [5.41, 5.74) is 6.87. The molecule has 0 heterocycles. The average Bonchev–Trinajstić information content (AvgIpc) is 2.09. The number of rotatable bonds is 2. The third-order valence-electron chi connectivity index (χ3n) is 2.84. The van der Waals surface area contributed by atoms with Gasteiger partial charge in [0.1, 0.15) is 0 Å². The van der Waals surface area contributed by atoms with Crippen molar-refractivity contribution in [3.05, 3.63) is 46.5 Å². The summed E-state index contributed by atoms with van der Waals surface area (Å²) in [5, 5.41) is 0. The summed E-state index contributed by atoms with van der Waals surface area (Å²) in [6, 6.07) is 2.24. The van der Waals surface area contributed by atoms with Crippen molar-refractivity contribution in [1.82, 2.24) is 0 Å². The van der Waals surface area contributed by atoms with Crippen molar-refractivity contribution >= 4 is 0 Å². The van der Waals surface area contributed by atoms with Crippen LogP contribution in [0.5, 0.6) is 0 Å². The van der Waals surface area contributed by atoms with Crippen molar-refractivity contribution < 1.29 is 0 Å². The average molecular weight is 173 g/mol. The van der Waals surface area contributed by atoms with Gasteiger partial charge in [-0.1, -0.05) is 18.7 Å². The quantitative estimate of drug-likeness (QED) is 0.642. The minimum Gasteiger partial charge on any atom is -0.0801 e. The fraction of sp³-hybridized carbons (Fsp3) is 0.385. The first-order valence-corrected chi connectivity index (χ1v) is 4.67. The van der Waals surface area contributed by atoms with Gasteiger partial charge in [0.05, 0.1) is 0 Å². The molecule has 0 aliphatic rings. The summed E-state index contributed by atoms with van der Waals surface area (Å²) in [5.74, 6) is 0. The van der Waals surface area contributed by atoms with Crippen molar-refractivity contribution in [3.63, 3.8) is 0 Å². The lowest BCUT2D eigenvalue weighted by Crippen LogP contribution is -1.97. The normalized spacial score (nSPS) is 10.2. The van der Waals surface area contributed by atoms with Crippen molar-refractivity contribution in [1.29, 1.82) is 0 Å². The van der Waals surface area contributed by atoms with Crippen LogP contribution in [0.25, 0.3) is 0 Å². The summed E-state index contributed by atoms with van der Waals surface area (Å²) < 4.78 is 0. The molecule has 0 amide bonds. The Morgan fingerprint density at radius 3 is 1.92 bits per heavy atom.